The summed E-state index contributed by atoms with van der Waals surface area (Å²) < 4.78 is 41.4. The second kappa shape index (κ2) is 10.3. The van der Waals surface area contributed by atoms with E-state index in [1.807, 2.05) is 6.20 Å². The summed E-state index contributed by atoms with van der Waals surface area (Å²) in [7, 11) is -2.22. The minimum absolute atomic E-state index is 0.0446. The number of likely N-dealkylation sites (N-methyl/N-ethyl adjacent to an activating group) is 1. The molecule has 2 aliphatic heterocycles. The molecule has 5 heterocycles. The fourth-order valence-electron chi connectivity index (χ4n) is 4.87. The van der Waals surface area contributed by atoms with Crippen molar-refractivity contribution in [3.05, 3.63) is 34.5 Å². The molecule has 1 saturated heterocycles. The molecule has 1 fully saturated rings. The highest BCUT2D eigenvalue weighted by molar-refractivity contribution is 7.89. The van der Waals surface area contributed by atoms with Gasteiger partial charge in [-0.2, -0.15) is 4.31 Å². The van der Waals surface area contributed by atoms with Gasteiger partial charge in [-0.3, -0.25) is 4.79 Å². The van der Waals surface area contributed by atoms with Gasteiger partial charge in [-0.15, -0.1) is 0 Å². The largest absolute Gasteiger partial charge is 0.475 e. The Morgan fingerprint density at radius 3 is 2.67 bits per heavy atom. The number of pyridine rings is 1. The lowest BCUT2D eigenvalue weighted by Gasteiger charge is -2.33. The second-order valence-electron chi connectivity index (χ2n) is 9.11. The number of methoxy groups -OCH3 is 1. The number of nitrogens with zero attached hydrogens (tertiary/aromatic N) is 5. The average Bonchev–Trinajstić information content (AvgIpc) is 3.28. The smallest absolute Gasteiger partial charge is 0.260 e. The molecule has 2 aliphatic rings. The Morgan fingerprint density at radius 1 is 1.11 bits per heavy atom. The van der Waals surface area contributed by atoms with E-state index in [4.69, 9.17) is 14.5 Å². The fraction of sp³-hybridized carbons (Fsp3) is 0.542. The highest BCUT2D eigenvalue weighted by atomic mass is 32.2. The molecule has 3 aromatic heterocycles. The Morgan fingerprint density at radius 2 is 1.92 bits per heavy atom. The lowest BCUT2D eigenvalue weighted by Crippen LogP contribution is -2.48. The molecular weight excluding hydrogens is 484 g/mol. The minimum atomic E-state index is -3.78. The highest BCUT2D eigenvalue weighted by Crippen LogP contribution is 2.31. The van der Waals surface area contributed by atoms with Crippen LogP contribution in [0.5, 0.6) is 5.88 Å². The van der Waals surface area contributed by atoms with Gasteiger partial charge in [0.1, 0.15) is 17.3 Å². The van der Waals surface area contributed by atoms with Crippen LogP contribution >= 0.6 is 0 Å². The van der Waals surface area contributed by atoms with Crippen LogP contribution in [0, 0.1) is 0 Å². The van der Waals surface area contributed by atoms with Gasteiger partial charge in [0.2, 0.25) is 15.9 Å². The van der Waals surface area contributed by atoms with Crippen LogP contribution in [0.3, 0.4) is 0 Å². The van der Waals surface area contributed by atoms with Gasteiger partial charge in [-0.1, -0.05) is 6.92 Å². The van der Waals surface area contributed by atoms with Gasteiger partial charge in [0.15, 0.2) is 0 Å². The summed E-state index contributed by atoms with van der Waals surface area (Å²) in [5, 5.41) is 0.531. The predicted octanol–water partition coefficient (Wildman–Crippen LogP) is 1.47. The van der Waals surface area contributed by atoms with Crippen molar-refractivity contribution in [2.75, 3.05) is 53.0 Å². The zero-order valence-electron chi connectivity index (χ0n) is 20.7. The van der Waals surface area contributed by atoms with Gasteiger partial charge in [-0.05, 0) is 31.9 Å². The average molecular weight is 517 g/mol. The van der Waals surface area contributed by atoms with Crippen molar-refractivity contribution in [3.63, 3.8) is 0 Å². The lowest BCUT2D eigenvalue weighted by molar-refractivity contribution is 0.144. The first-order valence-corrected chi connectivity index (χ1v) is 13.8. The molecule has 0 aromatic carbocycles. The van der Waals surface area contributed by atoms with E-state index in [9.17, 15) is 13.2 Å². The van der Waals surface area contributed by atoms with E-state index in [1.165, 1.54) is 16.6 Å². The van der Waals surface area contributed by atoms with E-state index in [0.717, 1.165) is 38.0 Å². The number of rotatable bonds is 8. The monoisotopic (exact) mass is 516 g/mol. The van der Waals surface area contributed by atoms with E-state index in [2.05, 4.69) is 26.4 Å². The summed E-state index contributed by atoms with van der Waals surface area (Å²) in [6.45, 7) is 6.54. The number of piperazine rings is 1. The van der Waals surface area contributed by atoms with Crippen LogP contribution in [0.15, 0.2) is 28.2 Å². The summed E-state index contributed by atoms with van der Waals surface area (Å²) in [5.74, 6) is 0.428. The Bertz CT molecular complexity index is 1410. The van der Waals surface area contributed by atoms with Crippen LogP contribution in [-0.4, -0.2) is 90.2 Å². The van der Waals surface area contributed by atoms with Gasteiger partial charge in [0.05, 0.1) is 29.3 Å². The number of aryl methyl sites for hydroxylation is 2. The van der Waals surface area contributed by atoms with Crippen molar-refractivity contribution in [1.82, 2.24) is 28.7 Å². The summed E-state index contributed by atoms with van der Waals surface area (Å²) in [5.41, 5.74) is 1.72. The van der Waals surface area contributed by atoms with E-state index >= 15 is 0 Å². The van der Waals surface area contributed by atoms with Crippen molar-refractivity contribution in [3.8, 4) is 17.3 Å². The number of ether oxygens (including phenoxy) is 2. The molecule has 0 unspecified atom stereocenters. The molecule has 0 bridgehead atoms. The fourth-order valence-corrected chi connectivity index (χ4v) is 6.27. The first-order valence-electron chi connectivity index (χ1n) is 12.4. The second-order valence-corrected chi connectivity index (χ2v) is 11.0. The van der Waals surface area contributed by atoms with E-state index < -0.39 is 10.0 Å². The number of hydrogen-bond acceptors (Lipinski definition) is 8. The van der Waals surface area contributed by atoms with Gasteiger partial charge in [0.25, 0.3) is 5.56 Å². The number of hydrogen-bond donors (Lipinski definition) is 1. The summed E-state index contributed by atoms with van der Waals surface area (Å²) in [4.78, 5) is 27.2. The SMILES string of the molecule is CCN1CCN(S(=O)(=O)c2cnc(OCCOC)c(-c3nc4c5n(cc4c(=O)[nH]3)CCCC5)c2)CC1. The summed E-state index contributed by atoms with van der Waals surface area (Å²) in [6.07, 6.45) is 6.10. The third-order valence-corrected chi connectivity index (χ3v) is 8.81. The Kier molecular flexibility index (Phi) is 7.11. The van der Waals surface area contributed by atoms with Crippen molar-refractivity contribution >= 4 is 20.9 Å². The van der Waals surface area contributed by atoms with Gasteiger partial charge in [-0.25, -0.2) is 18.4 Å². The van der Waals surface area contributed by atoms with E-state index in [0.29, 0.717) is 49.3 Å². The van der Waals surface area contributed by atoms with Crippen molar-refractivity contribution in [2.24, 2.45) is 0 Å². The molecule has 12 heteroatoms. The Labute approximate surface area is 210 Å². The van der Waals surface area contributed by atoms with E-state index in [1.54, 1.807) is 7.11 Å². The molecule has 0 radical (unpaired) electrons. The highest BCUT2D eigenvalue weighted by Gasteiger charge is 2.30. The standard InChI is InChI=1S/C24H32N6O5S/c1-3-28-8-10-30(11-9-28)36(32,33)17-14-18(24(25-15-17)35-13-12-34-2)22-26-21-19(23(31)27-22)16-29-7-5-4-6-20(21)29/h14-16H,3-13H2,1-2H3,(H,26,27,31). The number of nitrogens with one attached hydrogen (secondary N) is 1. The zero-order chi connectivity index (χ0) is 25.3. The minimum Gasteiger partial charge on any atom is -0.475 e. The van der Waals surface area contributed by atoms with Crippen molar-refractivity contribution in [1.29, 1.82) is 0 Å². The maximum Gasteiger partial charge on any atom is 0.260 e. The summed E-state index contributed by atoms with van der Waals surface area (Å²) >= 11 is 0. The molecule has 0 saturated carbocycles. The van der Waals surface area contributed by atoms with Crippen molar-refractivity contribution in [2.45, 2.75) is 37.6 Å². The normalized spacial score (nSPS) is 17.4. The molecule has 3 aromatic rings. The number of fused-ring (bicyclic) bond motifs is 3. The molecule has 0 atom stereocenters. The van der Waals surface area contributed by atoms with Gasteiger partial charge < -0.3 is 23.9 Å². The number of sulfonamides is 1. The molecule has 0 amide bonds. The quantitative estimate of drug-likeness (QED) is 0.447. The topological polar surface area (TPSA) is 123 Å². The summed E-state index contributed by atoms with van der Waals surface area (Å²) in [6, 6.07) is 1.50. The molecule has 0 spiro atoms. The number of aromatic amines is 1. The molecular formula is C24H32N6O5S. The molecule has 5 rings (SSSR count). The molecule has 194 valence electrons. The van der Waals surface area contributed by atoms with Crippen molar-refractivity contribution < 1.29 is 17.9 Å². The van der Waals surface area contributed by atoms with E-state index in [-0.39, 0.29) is 28.8 Å². The number of aromatic nitrogens is 4. The van der Waals surface area contributed by atoms with Gasteiger partial charge in [0, 0.05) is 51.7 Å². The Hall–Kier alpha value is -2.80. The maximum atomic E-state index is 13.5. The molecule has 11 nitrogen and oxygen atoms in total. The van der Waals surface area contributed by atoms with Crippen LogP contribution in [0.1, 0.15) is 25.5 Å². The van der Waals surface area contributed by atoms with Crippen LogP contribution < -0.4 is 10.3 Å². The molecule has 1 N–H and O–H groups in total. The maximum absolute atomic E-state index is 13.5. The third-order valence-electron chi connectivity index (χ3n) is 6.95. The van der Waals surface area contributed by atoms with Crippen LogP contribution in [0.25, 0.3) is 22.3 Å². The number of H-pyrrole nitrogens is 1. The first kappa shape index (κ1) is 24.9. The van der Waals surface area contributed by atoms with Crippen LogP contribution in [0.4, 0.5) is 0 Å². The zero-order valence-corrected chi connectivity index (χ0v) is 21.5. The van der Waals surface area contributed by atoms with Crippen LogP contribution in [-0.2, 0) is 27.7 Å². The van der Waals surface area contributed by atoms with Crippen LogP contribution in [0.2, 0.25) is 0 Å². The predicted molar refractivity (Wildman–Crippen MR) is 135 cm³/mol. The van der Waals surface area contributed by atoms with Gasteiger partial charge >= 0.3 is 0 Å². The molecule has 0 aliphatic carbocycles. The molecule has 36 heavy (non-hydrogen) atoms. The first-order chi connectivity index (χ1) is 17.4. The third kappa shape index (κ3) is 4.65. The lowest BCUT2D eigenvalue weighted by atomic mass is 10.1. The Balaban J connectivity index is 1.58.